The molecule has 0 bridgehead atoms. The summed E-state index contributed by atoms with van der Waals surface area (Å²) in [6.07, 6.45) is 13.5. The maximum Gasteiger partial charge on any atom is 0.306 e. The van der Waals surface area contributed by atoms with Gasteiger partial charge in [-0.15, -0.1) is 0 Å². The van der Waals surface area contributed by atoms with Gasteiger partial charge in [-0.05, 0) is 111 Å². The predicted molar refractivity (Wildman–Crippen MR) is 131 cm³/mol. The Labute approximate surface area is 197 Å². The molecule has 2 nitrogen and oxygen atoms in total. The molecule has 4 aliphatic carbocycles. The van der Waals surface area contributed by atoms with Crippen LogP contribution < -0.4 is 0 Å². The van der Waals surface area contributed by atoms with Gasteiger partial charge in [-0.2, -0.15) is 0 Å². The highest BCUT2D eigenvalue weighted by Gasteiger charge is 2.67. The summed E-state index contributed by atoms with van der Waals surface area (Å²) < 4.78 is 6.03. The Morgan fingerprint density at radius 3 is 2.31 bits per heavy atom. The molecule has 3 saturated carbocycles. The molecule has 0 radical (unpaired) electrons. The van der Waals surface area contributed by atoms with Crippen molar-refractivity contribution in [3.05, 3.63) is 11.6 Å². The molecule has 9 atom stereocenters. The summed E-state index contributed by atoms with van der Waals surface area (Å²) in [5.74, 6) is 3.49. The van der Waals surface area contributed by atoms with Gasteiger partial charge in [0.25, 0.3) is 0 Å². The molecule has 5 rings (SSSR count). The van der Waals surface area contributed by atoms with Crippen LogP contribution in [0.4, 0.5) is 0 Å². The van der Waals surface area contributed by atoms with Crippen LogP contribution in [0.3, 0.4) is 0 Å². The second kappa shape index (κ2) is 6.88. The van der Waals surface area contributed by atoms with Crippen LogP contribution in [0.5, 0.6) is 0 Å². The maximum absolute atomic E-state index is 12.5. The molecule has 180 valence electrons. The van der Waals surface area contributed by atoms with Crippen molar-refractivity contribution in [1.29, 1.82) is 0 Å². The van der Waals surface area contributed by atoms with Gasteiger partial charge in [0.1, 0.15) is 5.60 Å². The standard InChI is InChI=1S/C30H48O2/c1-19-11-14-27(5)17-18-29(7)21(25(27)20(19)2)9-10-23-28(6)15-13-24(31)32-26(3,4)22(28)12-16-30(23,29)8/h9,19-20,22-23,25H,10-18H2,1-8H3/t19-,20+,22?,23?,25?,27-,28+,29-,30-/m1/s1. The molecule has 0 aromatic carbocycles. The first-order valence-corrected chi connectivity index (χ1v) is 13.7. The third kappa shape index (κ3) is 2.79. The number of carbonyl (C=O) groups excluding carboxylic acids is 1. The number of hydrogen-bond acceptors (Lipinski definition) is 2. The molecule has 4 fully saturated rings. The normalized spacial score (nSPS) is 54.7. The molecule has 3 unspecified atom stereocenters. The first-order chi connectivity index (χ1) is 14.8. The number of rotatable bonds is 0. The average Bonchev–Trinajstić information content (AvgIpc) is 2.79. The van der Waals surface area contributed by atoms with Gasteiger partial charge in [-0.3, -0.25) is 4.79 Å². The van der Waals surface area contributed by atoms with E-state index in [-0.39, 0.29) is 17.0 Å². The average molecular weight is 441 g/mol. The third-order valence-corrected chi connectivity index (χ3v) is 12.7. The lowest BCUT2D eigenvalue weighted by molar-refractivity contribution is -0.187. The second-order valence-electron chi connectivity index (χ2n) is 14.4. The molecule has 0 aromatic heterocycles. The van der Waals surface area contributed by atoms with E-state index in [1.807, 2.05) is 5.57 Å². The number of ether oxygens (including phenoxy) is 1. The van der Waals surface area contributed by atoms with E-state index in [0.717, 1.165) is 24.2 Å². The minimum Gasteiger partial charge on any atom is -0.459 e. The van der Waals surface area contributed by atoms with Gasteiger partial charge in [0, 0.05) is 12.3 Å². The number of fused-ring (bicyclic) bond motifs is 7. The van der Waals surface area contributed by atoms with Crippen molar-refractivity contribution in [2.75, 3.05) is 0 Å². The van der Waals surface area contributed by atoms with Gasteiger partial charge in [0.2, 0.25) is 0 Å². The first-order valence-electron chi connectivity index (χ1n) is 13.7. The Balaban J connectivity index is 1.60. The SMILES string of the molecule is C[C@@H]1CC[C@]2(C)CC[C@]3(C)C(=CCC4[C@@]5(C)CCC(=O)OC(C)(C)C5CC[C@]43C)C2[C@H]1C. The van der Waals surface area contributed by atoms with Crippen molar-refractivity contribution in [3.8, 4) is 0 Å². The van der Waals surface area contributed by atoms with E-state index in [1.54, 1.807) is 0 Å². The number of esters is 1. The highest BCUT2D eigenvalue weighted by molar-refractivity contribution is 5.70. The van der Waals surface area contributed by atoms with Gasteiger partial charge in [0.15, 0.2) is 0 Å². The van der Waals surface area contributed by atoms with Crippen molar-refractivity contribution < 1.29 is 9.53 Å². The highest BCUT2D eigenvalue weighted by atomic mass is 16.6. The monoisotopic (exact) mass is 440 g/mol. The summed E-state index contributed by atoms with van der Waals surface area (Å²) >= 11 is 0. The summed E-state index contributed by atoms with van der Waals surface area (Å²) in [6.45, 7) is 19.9. The number of hydrogen-bond donors (Lipinski definition) is 0. The third-order valence-electron chi connectivity index (χ3n) is 12.7. The van der Waals surface area contributed by atoms with E-state index < -0.39 is 0 Å². The zero-order chi connectivity index (χ0) is 23.3. The van der Waals surface area contributed by atoms with E-state index >= 15 is 0 Å². The van der Waals surface area contributed by atoms with Crippen LogP contribution >= 0.6 is 0 Å². The fourth-order valence-electron chi connectivity index (χ4n) is 10.5. The van der Waals surface area contributed by atoms with Crippen LogP contribution in [0.1, 0.15) is 113 Å². The molecule has 1 heterocycles. The van der Waals surface area contributed by atoms with Gasteiger partial charge >= 0.3 is 5.97 Å². The van der Waals surface area contributed by atoms with Crippen molar-refractivity contribution >= 4 is 5.97 Å². The van der Waals surface area contributed by atoms with E-state index in [4.69, 9.17) is 4.74 Å². The smallest absolute Gasteiger partial charge is 0.306 e. The Bertz CT molecular complexity index is 840. The van der Waals surface area contributed by atoms with Crippen LogP contribution in [-0.4, -0.2) is 11.6 Å². The molecule has 2 heteroatoms. The van der Waals surface area contributed by atoms with Crippen molar-refractivity contribution in [2.45, 2.75) is 119 Å². The summed E-state index contributed by atoms with van der Waals surface area (Å²) in [6, 6.07) is 0. The Morgan fingerprint density at radius 1 is 0.875 bits per heavy atom. The summed E-state index contributed by atoms with van der Waals surface area (Å²) in [5, 5.41) is 0. The van der Waals surface area contributed by atoms with Crippen molar-refractivity contribution in [1.82, 2.24) is 0 Å². The van der Waals surface area contributed by atoms with Crippen LogP contribution in [0.25, 0.3) is 0 Å². The van der Waals surface area contributed by atoms with E-state index in [0.29, 0.717) is 34.5 Å². The van der Waals surface area contributed by atoms with E-state index in [9.17, 15) is 4.79 Å². The second-order valence-corrected chi connectivity index (χ2v) is 14.4. The van der Waals surface area contributed by atoms with Gasteiger partial charge in [-0.1, -0.05) is 53.2 Å². The predicted octanol–water partition coefficient (Wildman–Crippen LogP) is 7.96. The molecule has 0 spiro atoms. The molecule has 5 aliphatic rings. The summed E-state index contributed by atoms with van der Waals surface area (Å²) in [5.41, 5.74) is 2.75. The molecule has 0 amide bonds. The zero-order valence-corrected chi connectivity index (χ0v) is 22.1. The summed E-state index contributed by atoms with van der Waals surface area (Å²) in [4.78, 5) is 12.5. The van der Waals surface area contributed by atoms with Crippen LogP contribution in [0, 0.1) is 51.2 Å². The van der Waals surface area contributed by atoms with Crippen LogP contribution in [0.2, 0.25) is 0 Å². The van der Waals surface area contributed by atoms with Crippen LogP contribution in [0.15, 0.2) is 11.6 Å². The lowest BCUT2D eigenvalue weighted by Gasteiger charge is -2.69. The number of allylic oxidation sites excluding steroid dienone is 2. The molecular formula is C30H48O2. The number of cyclic esters (lactones) is 1. The fraction of sp³-hybridized carbons (Fsp3) is 0.900. The lowest BCUT2D eigenvalue weighted by atomic mass is 9.35. The van der Waals surface area contributed by atoms with Gasteiger partial charge in [-0.25, -0.2) is 0 Å². The quantitative estimate of drug-likeness (QED) is 0.282. The topological polar surface area (TPSA) is 26.3 Å². The largest absolute Gasteiger partial charge is 0.459 e. The minimum absolute atomic E-state index is 0.0176. The Morgan fingerprint density at radius 2 is 1.59 bits per heavy atom. The van der Waals surface area contributed by atoms with E-state index in [1.165, 1.54) is 44.9 Å². The highest BCUT2D eigenvalue weighted by Crippen LogP contribution is 2.74. The Hall–Kier alpha value is -0.790. The molecule has 32 heavy (non-hydrogen) atoms. The Kier molecular flexibility index (Phi) is 4.94. The van der Waals surface area contributed by atoms with Crippen LogP contribution in [-0.2, 0) is 9.53 Å². The maximum atomic E-state index is 12.5. The van der Waals surface area contributed by atoms with Crippen molar-refractivity contribution in [2.24, 2.45) is 51.2 Å². The molecule has 1 saturated heterocycles. The fourth-order valence-corrected chi connectivity index (χ4v) is 10.5. The molecule has 0 N–H and O–H groups in total. The summed E-state index contributed by atoms with van der Waals surface area (Å²) in [7, 11) is 0. The van der Waals surface area contributed by atoms with Gasteiger partial charge in [0.05, 0.1) is 0 Å². The lowest BCUT2D eigenvalue weighted by Crippen LogP contribution is -2.63. The van der Waals surface area contributed by atoms with Gasteiger partial charge < -0.3 is 4.74 Å². The molecule has 1 aliphatic heterocycles. The number of carbonyl (C=O) groups is 1. The minimum atomic E-state index is -0.354. The molecule has 0 aromatic rings. The first kappa shape index (κ1) is 23.0. The van der Waals surface area contributed by atoms with Crippen molar-refractivity contribution in [3.63, 3.8) is 0 Å². The zero-order valence-electron chi connectivity index (χ0n) is 22.1. The van der Waals surface area contributed by atoms with E-state index in [2.05, 4.69) is 61.5 Å². The molecular weight excluding hydrogens is 392 g/mol.